The van der Waals surface area contributed by atoms with Crippen LogP contribution in [-0.4, -0.2) is 24.0 Å². The van der Waals surface area contributed by atoms with E-state index in [4.69, 9.17) is 11.5 Å². The molecule has 5 N–H and O–H groups in total. The number of aromatic hydroxyl groups is 1. The molecule has 17 heteroatoms. The van der Waals surface area contributed by atoms with Crippen molar-refractivity contribution < 1.29 is 87.1 Å². The van der Waals surface area contributed by atoms with Gasteiger partial charge in [-0.05, 0) is 83.9 Å². The van der Waals surface area contributed by atoms with Gasteiger partial charge in [0.1, 0.15) is 27.2 Å². The standard InChI is InChI=1S/C31H24N8O6S.2Na/c32-26-16-27(33)29(39-36-22-9-12-24(13-10-22)46(43,44)45)17-28(26)38-35-21-7-3-19(4-8-21)18-1-5-20(6-2-18)34-37-23-11-14-25(31(41)42)30(40)15-23;;/h1-17,40H,32-33H2,(H,41,42)(H,43,44,45);;/q;2*+1/p-2. The maximum Gasteiger partial charge on any atom is 1.00 e. The largest absolute Gasteiger partial charge is 1.00 e. The van der Waals surface area contributed by atoms with Gasteiger partial charge < -0.3 is 31.0 Å². The van der Waals surface area contributed by atoms with E-state index in [0.717, 1.165) is 23.3 Å². The molecule has 0 saturated heterocycles. The topological polar surface area (TPSA) is 244 Å². The number of carboxylic acids is 1. The van der Waals surface area contributed by atoms with E-state index < -0.39 is 21.8 Å². The summed E-state index contributed by atoms with van der Waals surface area (Å²) in [6, 6.07) is 26.2. The van der Waals surface area contributed by atoms with Crippen LogP contribution in [0.1, 0.15) is 10.4 Å². The maximum atomic E-state index is 11.1. The molecule has 0 radical (unpaired) electrons. The molecule has 0 heterocycles. The third-order valence-corrected chi connectivity index (χ3v) is 7.25. The number of hydrogen-bond donors (Lipinski definition) is 3. The Morgan fingerprint density at radius 1 is 0.583 bits per heavy atom. The number of anilines is 2. The van der Waals surface area contributed by atoms with Crippen LogP contribution in [0.3, 0.4) is 0 Å². The molecule has 5 rings (SSSR count). The fourth-order valence-corrected chi connectivity index (χ4v) is 4.47. The summed E-state index contributed by atoms with van der Waals surface area (Å²) in [7, 11) is -4.57. The zero-order valence-electron chi connectivity index (χ0n) is 25.5. The molecule has 230 valence electrons. The number of rotatable bonds is 9. The number of phenols is 1. The van der Waals surface area contributed by atoms with Crippen molar-refractivity contribution in [2.45, 2.75) is 4.90 Å². The van der Waals surface area contributed by atoms with Gasteiger partial charge in [-0.2, -0.15) is 20.5 Å². The SMILES string of the molecule is Nc1cc(N)c(N=Nc2ccc(S(=O)(=O)[O-])cc2)cc1N=Nc1ccc(-c2ccc(N=Nc3ccc(C(=O)[O-])c(O)c3)cc2)cc1.[Na+].[Na+]. The Hall–Kier alpha value is -4.32. The number of benzene rings is 5. The van der Waals surface area contributed by atoms with Gasteiger partial charge in [-0.25, -0.2) is 8.42 Å². The third-order valence-electron chi connectivity index (χ3n) is 6.40. The molecule has 5 aromatic carbocycles. The summed E-state index contributed by atoms with van der Waals surface area (Å²) in [5, 5.41) is 45.4. The summed E-state index contributed by atoms with van der Waals surface area (Å²) in [6.45, 7) is 0. The summed E-state index contributed by atoms with van der Waals surface area (Å²) in [4.78, 5) is 10.5. The molecular formula is C31H22N8Na2O6S. The number of hydrogen-bond acceptors (Lipinski definition) is 14. The number of nitrogen functional groups attached to an aromatic ring is 2. The van der Waals surface area contributed by atoms with Crippen LogP contribution in [0.15, 0.2) is 139 Å². The van der Waals surface area contributed by atoms with Crippen molar-refractivity contribution >= 4 is 61.6 Å². The first-order valence-corrected chi connectivity index (χ1v) is 14.6. The normalized spacial score (nSPS) is 11.4. The van der Waals surface area contributed by atoms with E-state index in [-0.39, 0.29) is 92.3 Å². The number of azo groups is 3. The Morgan fingerprint density at radius 3 is 1.40 bits per heavy atom. The summed E-state index contributed by atoms with van der Waals surface area (Å²) < 4.78 is 33.3. The van der Waals surface area contributed by atoms with E-state index in [1.54, 1.807) is 24.3 Å². The van der Waals surface area contributed by atoms with Crippen LogP contribution in [0.4, 0.5) is 45.5 Å². The van der Waals surface area contributed by atoms with Crippen LogP contribution in [0.2, 0.25) is 0 Å². The minimum Gasteiger partial charge on any atom is -0.744 e. The summed E-state index contributed by atoms with van der Waals surface area (Å²) in [6.07, 6.45) is 0. The van der Waals surface area contributed by atoms with Crippen molar-refractivity contribution in [1.82, 2.24) is 0 Å². The van der Waals surface area contributed by atoms with Gasteiger partial charge in [0.25, 0.3) is 0 Å². The van der Waals surface area contributed by atoms with Gasteiger partial charge in [0, 0.05) is 11.6 Å². The van der Waals surface area contributed by atoms with Crippen LogP contribution in [0.5, 0.6) is 5.75 Å². The zero-order chi connectivity index (χ0) is 32.8. The van der Waals surface area contributed by atoms with Gasteiger partial charge in [0.05, 0.1) is 45.0 Å². The molecule has 48 heavy (non-hydrogen) atoms. The first-order chi connectivity index (χ1) is 22.0. The summed E-state index contributed by atoms with van der Waals surface area (Å²) >= 11 is 0. The Kier molecular flexibility index (Phi) is 13.2. The Balaban J connectivity index is 0.00000312. The number of carbonyl (C=O) groups is 1. The predicted molar refractivity (Wildman–Crippen MR) is 167 cm³/mol. The number of carboxylic acid groups (broad SMARTS) is 1. The van der Waals surface area contributed by atoms with E-state index in [9.17, 15) is 28.0 Å². The fraction of sp³-hybridized carbons (Fsp3) is 0. The maximum absolute atomic E-state index is 11.1. The fourth-order valence-electron chi connectivity index (χ4n) is 4.00. The van der Waals surface area contributed by atoms with Crippen molar-refractivity contribution in [2.75, 3.05) is 11.5 Å². The molecule has 0 fully saturated rings. The van der Waals surface area contributed by atoms with Crippen molar-refractivity contribution in [3.63, 3.8) is 0 Å². The summed E-state index contributed by atoms with van der Waals surface area (Å²) in [5.41, 5.74) is 16.3. The van der Waals surface area contributed by atoms with Crippen LogP contribution < -0.4 is 75.7 Å². The average molecular weight is 681 g/mol. The molecule has 0 aliphatic heterocycles. The van der Waals surface area contributed by atoms with Gasteiger partial charge in [-0.1, -0.05) is 24.3 Å². The van der Waals surface area contributed by atoms with Gasteiger partial charge >= 0.3 is 59.1 Å². The second kappa shape index (κ2) is 16.7. The van der Waals surface area contributed by atoms with E-state index in [1.165, 1.54) is 42.5 Å². The Morgan fingerprint density at radius 2 is 0.979 bits per heavy atom. The molecule has 0 atom stereocenters. The van der Waals surface area contributed by atoms with Crippen LogP contribution in [0, 0.1) is 0 Å². The van der Waals surface area contributed by atoms with E-state index in [0.29, 0.717) is 22.7 Å². The van der Waals surface area contributed by atoms with E-state index in [1.807, 2.05) is 24.3 Å². The Labute approximate surface area is 318 Å². The quantitative estimate of drug-likeness (QED) is 0.0866. The molecule has 0 bridgehead atoms. The first kappa shape index (κ1) is 38.1. The number of nitrogens with zero attached hydrogens (tertiary/aromatic N) is 6. The average Bonchev–Trinajstić information content (AvgIpc) is 3.03. The number of aromatic carboxylic acids is 1. The molecule has 0 saturated carbocycles. The van der Waals surface area contributed by atoms with E-state index in [2.05, 4.69) is 30.7 Å². The van der Waals surface area contributed by atoms with Gasteiger partial charge in [0.15, 0.2) is 0 Å². The van der Waals surface area contributed by atoms with Crippen LogP contribution in [-0.2, 0) is 10.1 Å². The molecule has 0 unspecified atom stereocenters. The zero-order valence-corrected chi connectivity index (χ0v) is 30.4. The van der Waals surface area contributed by atoms with Crippen molar-refractivity contribution in [3.05, 3.63) is 109 Å². The Bertz CT molecular complexity index is 2130. The number of carbonyl (C=O) groups excluding carboxylic acids is 1. The van der Waals surface area contributed by atoms with Gasteiger partial charge in [0.2, 0.25) is 0 Å². The van der Waals surface area contributed by atoms with Crippen LogP contribution in [0.25, 0.3) is 11.1 Å². The minimum absolute atomic E-state index is 0. The minimum atomic E-state index is -4.57. The molecule has 0 aromatic heterocycles. The molecule has 0 amide bonds. The third kappa shape index (κ3) is 9.85. The van der Waals surface area contributed by atoms with Crippen molar-refractivity contribution in [1.29, 1.82) is 0 Å². The number of nitrogens with two attached hydrogens (primary N) is 2. The second-order valence-electron chi connectivity index (χ2n) is 9.60. The molecular weight excluding hydrogens is 658 g/mol. The van der Waals surface area contributed by atoms with Gasteiger partial charge in [-0.3, -0.25) is 0 Å². The molecule has 5 aromatic rings. The van der Waals surface area contributed by atoms with Crippen molar-refractivity contribution in [2.24, 2.45) is 30.7 Å². The van der Waals surface area contributed by atoms with Gasteiger partial charge in [-0.15, -0.1) is 10.2 Å². The molecule has 0 spiro atoms. The predicted octanol–water partition coefficient (Wildman–Crippen LogP) is 0.745. The molecule has 0 aliphatic carbocycles. The smallest absolute Gasteiger partial charge is 0.744 e. The monoisotopic (exact) mass is 680 g/mol. The molecule has 14 nitrogen and oxygen atoms in total. The molecule has 0 aliphatic rings. The van der Waals surface area contributed by atoms with Crippen LogP contribution >= 0.6 is 0 Å². The van der Waals surface area contributed by atoms with Crippen molar-refractivity contribution in [3.8, 4) is 16.9 Å². The second-order valence-corrected chi connectivity index (χ2v) is 11.0. The van der Waals surface area contributed by atoms with E-state index >= 15 is 0 Å². The first-order valence-electron chi connectivity index (χ1n) is 13.2. The summed E-state index contributed by atoms with van der Waals surface area (Å²) in [5.74, 6) is -1.94.